The second kappa shape index (κ2) is 5.44. The van der Waals surface area contributed by atoms with Crippen LogP contribution in [0.3, 0.4) is 0 Å². The van der Waals surface area contributed by atoms with Gasteiger partial charge in [0.2, 0.25) is 5.88 Å². The molecule has 2 N–H and O–H groups in total. The second-order valence-electron chi connectivity index (χ2n) is 4.09. The normalized spacial score (nSPS) is 10.6. The van der Waals surface area contributed by atoms with Crippen molar-refractivity contribution in [2.75, 3.05) is 0 Å². The van der Waals surface area contributed by atoms with Crippen LogP contribution in [0.2, 0.25) is 0 Å². The van der Waals surface area contributed by atoms with E-state index in [1.54, 1.807) is 24.3 Å². The highest BCUT2D eigenvalue weighted by Gasteiger charge is 2.17. The molecule has 1 aromatic heterocycles. The summed E-state index contributed by atoms with van der Waals surface area (Å²) in [6.07, 6.45) is 0.676. The number of rotatable bonds is 3. The van der Waals surface area contributed by atoms with E-state index in [-0.39, 0.29) is 11.4 Å². The highest BCUT2D eigenvalue weighted by Crippen LogP contribution is 2.30. The van der Waals surface area contributed by atoms with Crippen LogP contribution in [-0.2, 0) is 6.54 Å². The van der Waals surface area contributed by atoms with Gasteiger partial charge in [0.25, 0.3) is 5.56 Å². The molecule has 5 nitrogen and oxygen atoms in total. The summed E-state index contributed by atoms with van der Waals surface area (Å²) >= 11 is 3.33. The zero-order chi connectivity index (χ0) is 14.0. The average Bonchev–Trinajstić information content (AvgIpc) is 2.36. The summed E-state index contributed by atoms with van der Waals surface area (Å²) in [6.45, 7) is 2.23. The third kappa shape index (κ3) is 2.49. The topological polar surface area (TPSA) is 75.1 Å². The van der Waals surface area contributed by atoms with Gasteiger partial charge in [0, 0.05) is 16.6 Å². The lowest BCUT2D eigenvalue weighted by Crippen LogP contribution is -2.31. The van der Waals surface area contributed by atoms with Gasteiger partial charge in [-0.2, -0.15) is 0 Å². The number of aromatic nitrogens is 2. The molecule has 0 spiro atoms. The van der Waals surface area contributed by atoms with Gasteiger partial charge in [-0.05, 0) is 12.5 Å². The Balaban J connectivity index is 2.78. The Labute approximate surface area is 117 Å². The number of nitrogens with zero attached hydrogens (tertiary/aromatic N) is 1. The van der Waals surface area contributed by atoms with Crippen LogP contribution in [0.15, 0.2) is 38.3 Å². The number of H-pyrrole nitrogens is 1. The molecule has 2 aromatic rings. The third-order valence-corrected chi connectivity index (χ3v) is 3.45. The summed E-state index contributed by atoms with van der Waals surface area (Å²) in [4.78, 5) is 25.8. The molecule has 1 aromatic carbocycles. The molecule has 0 amide bonds. The molecule has 19 heavy (non-hydrogen) atoms. The average molecular weight is 325 g/mol. The van der Waals surface area contributed by atoms with Crippen molar-refractivity contribution in [1.29, 1.82) is 0 Å². The van der Waals surface area contributed by atoms with E-state index in [0.29, 0.717) is 23.0 Å². The van der Waals surface area contributed by atoms with Crippen LogP contribution in [0.4, 0.5) is 0 Å². The summed E-state index contributed by atoms with van der Waals surface area (Å²) < 4.78 is 1.84. The van der Waals surface area contributed by atoms with Gasteiger partial charge in [0.05, 0.1) is 0 Å². The Morgan fingerprint density at radius 1 is 1.32 bits per heavy atom. The number of hydrogen-bond donors (Lipinski definition) is 2. The van der Waals surface area contributed by atoms with Crippen molar-refractivity contribution in [3.63, 3.8) is 0 Å². The molecule has 0 atom stereocenters. The fourth-order valence-electron chi connectivity index (χ4n) is 1.90. The molecule has 0 aliphatic heterocycles. The van der Waals surface area contributed by atoms with Crippen LogP contribution in [0.5, 0.6) is 5.88 Å². The van der Waals surface area contributed by atoms with Crippen LogP contribution >= 0.6 is 15.9 Å². The third-order valence-electron chi connectivity index (χ3n) is 2.76. The minimum atomic E-state index is -0.597. The molecule has 6 heteroatoms. The molecule has 100 valence electrons. The van der Waals surface area contributed by atoms with E-state index in [1.165, 1.54) is 0 Å². The quantitative estimate of drug-likeness (QED) is 0.907. The summed E-state index contributed by atoms with van der Waals surface area (Å²) in [5.41, 5.74) is -0.548. The summed E-state index contributed by atoms with van der Waals surface area (Å²) in [7, 11) is 0. The Morgan fingerprint density at radius 3 is 2.63 bits per heavy atom. The van der Waals surface area contributed by atoms with Gasteiger partial charge < -0.3 is 5.11 Å². The molecule has 0 saturated heterocycles. The summed E-state index contributed by atoms with van der Waals surface area (Å²) in [6, 6.07) is 7.04. The maximum atomic E-state index is 11.9. The van der Waals surface area contributed by atoms with Gasteiger partial charge in [-0.15, -0.1) is 0 Å². The van der Waals surface area contributed by atoms with Crippen LogP contribution in [0, 0.1) is 0 Å². The highest BCUT2D eigenvalue weighted by atomic mass is 79.9. The Morgan fingerprint density at radius 2 is 2.00 bits per heavy atom. The van der Waals surface area contributed by atoms with Crippen molar-refractivity contribution in [2.45, 2.75) is 19.9 Å². The van der Waals surface area contributed by atoms with Crippen molar-refractivity contribution in [1.82, 2.24) is 9.55 Å². The number of aromatic hydroxyl groups is 1. The predicted molar refractivity (Wildman–Crippen MR) is 76.4 cm³/mol. The smallest absolute Gasteiger partial charge is 0.331 e. The zero-order valence-electron chi connectivity index (χ0n) is 10.3. The standard InChI is InChI=1S/C13H13BrN2O3/c1-2-7-16-12(18)10(11(17)15-13(16)19)8-5-3-4-6-9(8)14/h3-6,18H,2,7H2,1H3,(H,15,17,19). The highest BCUT2D eigenvalue weighted by molar-refractivity contribution is 9.10. The molecular formula is C13H13BrN2O3. The largest absolute Gasteiger partial charge is 0.494 e. The molecule has 0 aliphatic rings. The SMILES string of the molecule is CCCn1c(O)c(-c2ccccc2Br)c(=O)[nH]c1=O. The van der Waals surface area contributed by atoms with Crippen LogP contribution in [-0.4, -0.2) is 14.7 Å². The number of nitrogens with one attached hydrogen (secondary N) is 1. The minimum absolute atomic E-state index is 0.0977. The second-order valence-corrected chi connectivity index (χ2v) is 4.94. The van der Waals surface area contributed by atoms with E-state index < -0.39 is 11.2 Å². The molecule has 1 heterocycles. The number of aromatic amines is 1. The molecule has 0 bridgehead atoms. The summed E-state index contributed by atoms with van der Waals surface area (Å²) in [5, 5.41) is 10.2. The Bertz CT molecular complexity index is 719. The number of halogens is 1. The van der Waals surface area contributed by atoms with Crippen molar-refractivity contribution >= 4 is 15.9 Å². The van der Waals surface area contributed by atoms with E-state index in [0.717, 1.165) is 4.57 Å². The fraction of sp³-hybridized carbons (Fsp3) is 0.231. The molecule has 0 saturated carbocycles. The van der Waals surface area contributed by atoms with Crippen LogP contribution in [0.25, 0.3) is 11.1 Å². The first-order chi connectivity index (χ1) is 9.06. The lowest BCUT2D eigenvalue weighted by atomic mass is 10.1. The first-order valence-corrected chi connectivity index (χ1v) is 6.66. The van der Waals surface area contributed by atoms with Gasteiger partial charge >= 0.3 is 5.69 Å². The van der Waals surface area contributed by atoms with Gasteiger partial charge in [-0.25, -0.2) is 4.79 Å². The number of benzene rings is 1. The van der Waals surface area contributed by atoms with Gasteiger partial charge in [0.15, 0.2) is 0 Å². The van der Waals surface area contributed by atoms with Gasteiger partial charge in [-0.3, -0.25) is 14.3 Å². The molecule has 2 rings (SSSR count). The van der Waals surface area contributed by atoms with E-state index in [4.69, 9.17) is 0 Å². The molecule has 0 fully saturated rings. The van der Waals surface area contributed by atoms with Gasteiger partial charge in [0.1, 0.15) is 5.56 Å². The van der Waals surface area contributed by atoms with Gasteiger partial charge in [-0.1, -0.05) is 41.1 Å². The maximum absolute atomic E-state index is 11.9. The zero-order valence-corrected chi connectivity index (χ0v) is 11.9. The van der Waals surface area contributed by atoms with Crippen LogP contribution in [0.1, 0.15) is 13.3 Å². The molecule has 0 unspecified atom stereocenters. The monoisotopic (exact) mass is 324 g/mol. The predicted octanol–water partition coefficient (Wildman–Crippen LogP) is 2.08. The molecule has 0 radical (unpaired) electrons. The number of hydrogen-bond acceptors (Lipinski definition) is 3. The van der Waals surface area contributed by atoms with E-state index in [2.05, 4.69) is 20.9 Å². The first-order valence-electron chi connectivity index (χ1n) is 5.87. The van der Waals surface area contributed by atoms with Crippen molar-refractivity contribution < 1.29 is 5.11 Å². The Hall–Kier alpha value is -1.82. The van der Waals surface area contributed by atoms with E-state index >= 15 is 0 Å². The maximum Gasteiger partial charge on any atom is 0.331 e. The van der Waals surface area contributed by atoms with Crippen molar-refractivity contribution in [3.8, 4) is 17.0 Å². The van der Waals surface area contributed by atoms with Crippen molar-refractivity contribution in [2.24, 2.45) is 0 Å². The lowest BCUT2D eigenvalue weighted by Gasteiger charge is -2.11. The first kappa shape index (κ1) is 13.6. The molecule has 0 aliphatic carbocycles. The van der Waals surface area contributed by atoms with Crippen LogP contribution < -0.4 is 11.2 Å². The lowest BCUT2D eigenvalue weighted by molar-refractivity contribution is 0.401. The molecular weight excluding hydrogens is 312 g/mol. The summed E-state index contributed by atoms with van der Waals surface area (Å²) in [5.74, 6) is -0.303. The Kier molecular flexibility index (Phi) is 3.90. The fourth-order valence-corrected chi connectivity index (χ4v) is 2.38. The van der Waals surface area contributed by atoms with E-state index in [1.807, 2.05) is 6.92 Å². The minimum Gasteiger partial charge on any atom is -0.494 e. The van der Waals surface area contributed by atoms with Crippen molar-refractivity contribution in [3.05, 3.63) is 49.6 Å². The van der Waals surface area contributed by atoms with E-state index in [9.17, 15) is 14.7 Å².